The molecular formula is C88H56N12. The Morgan fingerprint density at radius 1 is 0.220 bits per heavy atom. The first-order valence-corrected chi connectivity index (χ1v) is 33.5. The summed E-state index contributed by atoms with van der Waals surface area (Å²) in [7, 11) is 0. The Morgan fingerprint density at radius 3 is 0.760 bits per heavy atom. The molecule has 0 atom stereocenters. The van der Waals surface area contributed by atoms with Gasteiger partial charge in [0.1, 0.15) is 33.7 Å². The van der Waals surface area contributed by atoms with Gasteiger partial charge < -0.3 is 19.6 Å². The van der Waals surface area contributed by atoms with Gasteiger partial charge in [0, 0.05) is 112 Å². The van der Waals surface area contributed by atoms with Crippen LogP contribution in [-0.4, -0.2) is 38.7 Å². The molecule has 0 spiro atoms. The lowest BCUT2D eigenvalue weighted by Crippen LogP contribution is -2.10. The molecule has 100 heavy (non-hydrogen) atoms. The Morgan fingerprint density at radius 2 is 0.480 bits per heavy atom. The zero-order valence-electron chi connectivity index (χ0n) is 53.7. The van der Waals surface area contributed by atoms with Crippen LogP contribution in [-0.2, 0) is 0 Å². The number of pyridine rings is 4. The summed E-state index contributed by atoms with van der Waals surface area (Å²) in [6, 6.07) is 111. The Balaban J connectivity index is 1.01. The van der Waals surface area contributed by atoms with Crippen LogP contribution in [0.4, 0.5) is 68.2 Å². The summed E-state index contributed by atoms with van der Waals surface area (Å²) >= 11 is 0. The maximum Gasteiger partial charge on any atom is 0.145 e. The molecule has 0 aliphatic carbocycles. The van der Waals surface area contributed by atoms with E-state index in [2.05, 4.69) is 307 Å². The van der Waals surface area contributed by atoms with Crippen LogP contribution in [0.2, 0.25) is 0 Å². The van der Waals surface area contributed by atoms with Crippen LogP contribution in [0.3, 0.4) is 0 Å². The van der Waals surface area contributed by atoms with E-state index in [4.69, 9.17) is 29.9 Å². The molecule has 20 rings (SSSR count). The molecule has 0 radical (unpaired) electrons. The largest absolute Gasteiger partial charge is 0.310 e. The molecule has 11 aromatic carbocycles. The van der Waals surface area contributed by atoms with Gasteiger partial charge in [-0.05, 0) is 158 Å². The predicted octanol–water partition coefficient (Wildman–Crippen LogP) is 22.7. The smallest absolute Gasteiger partial charge is 0.145 e. The number of hydrogen-bond acceptors (Lipinski definition) is 10. The molecule has 0 saturated carbocycles. The van der Waals surface area contributed by atoms with E-state index in [1.54, 1.807) is 0 Å². The highest BCUT2D eigenvalue weighted by Gasteiger charge is 2.33. The highest BCUT2D eigenvalue weighted by atomic mass is 15.2. The highest BCUT2D eigenvalue weighted by molar-refractivity contribution is 6.40. The van der Waals surface area contributed by atoms with Gasteiger partial charge in [0.15, 0.2) is 0 Å². The Kier molecular flexibility index (Phi) is 13.0. The summed E-state index contributed by atoms with van der Waals surface area (Å²) in [4.78, 5) is 43.0. The minimum Gasteiger partial charge on any atom is -0.310 e. The van der Waals surface area contributed by atoms with Crippen molar-refractivity contribution in [1.82, 2.24) is 38.7 Å². The van der Waals surface area contributed by atoms with Crippen molar-refractivity contribution >= 4 is 156 Å². The third-order valence-corrected chi connectivity index (χ3v) is 19.4. The SMILES string of the molecule is c1ccc(N(c2ccccc2)c2cnc3c(c2)c2cc(N(c4ccccc4)c4ccccc4)cc4c5c6nc(-c7ccccn7)c(-c7ccccn7)nc6c6c7cc(N(c8ccccc8)c8ccccc8)cc8c9cc(N(c%10ccccc%10)c%10ccccc%10)cnc9n(c87)c6c5n3c24)cc1. The molecule has 0 unspecified atom stereocenters. The number of fused-ring (bicyclic) bond motifs is 16. The van der Waals surface area contributed by atoms with Crippen molar-refractivity contribution in [1.29, 1.82) is 0 Å². The second-order valence-electron chi connectivity index (χ2n) is 25.1. The van der Waals surface area contributed by atoms with E-state index in [1.165, 1.54) is 0 Å². The first-order chi connectivity index (χ1) is 49.7. The lowest BCUT2D eigenvalue weighted by atomic mass is 10.00. The number of nitrogens with zero attached hydrogens (tertiary/aromatic N) is 12. The van der Waals surface area contributed by atoms with Crippen LogP contribution in [0.5, 0.6) is 0 Å². The van der Waals surface area contributed by atoms with Gasteiger partial charge in [-0.15, -0.1) is 0 Å². The van der Waals surface area contributed by atoms with E-state index in [0.29, 0.717) is 33.8 Å². The van der Waals surface area contributed by atoms with Crippen LogP contribution >= 0.6 is 0 Å². The van der Waals surface area contributed by atoms with E-state index >= 15 is 0 Å². The van der Waals surface area contributed by atoms with Crippen molar-refractivity contribution in [2.24, 2.45) is 0 Å². The van der Waals surface area contributed by atoms with Crippen molar-refractivity contribution < 1.29 is 0 Å². The molecule has 0 saturated heterocycles. The van der Waals surface area contributed by atoms with Gasteiger partial charge in [-0.1, -0.05) is 158 Å². The third-order valence-electron chi connectivity index (χ3n) is 19.4. The highest BCUT2D eigenvalue weighted by Crippen LogP contribution is 2.54. The van der Waals surface area contributed by atoms with Crippen LogP contribution in [0, 0.1) is 0 Å². The van der Waals surface area contributed by atoms with Crippen LogP contribution in [0.15, 0.2) is 340 Å². The van der Waals surface area contributed by atoms with Crippen LogP contribution in [0.1, 0.15) is 0 Å². The average molecular weight is 1280 g/mol. The summed E-state index contributed by atoms with van der Waals surface area (Å²) < 4.78 is 4.85. The van der Waals surface area contributed by atoms with E-state index in [1.807, 2.05) is 61.2 Å². The lowest BCUT2D eigenvalue weighted by Gasteiger charge is -2.26. The second kappa shape index (κ2) is 22.9. The van der Waals surface area contributed by atoms with Crippen LogP contribution < -0.4 is 19.6 Å². The molecule has 9 aromatic heterocycles. The third kappa shape index (κ3) is 8.87. The number of benzene rings is 11. The fraction of sp³-hybridized carbons (Fsp3) is 0. The van der Waals surface area contributed by atoms with Gasteiger partial charge in [-0.2, -0.15) is 0 Å². The van der Waals surface area contributed by atoms with Crippen molar-refractivity contribution in [2.45, 2.75) is 0 Å². The Labute approximate surface area is 573 Å². The zero-order chi connectivity index (χ0) is 65.8. The van der Waals surface area contributed by atoms with Crippen molar-refractivity contribution in [2.75, 3.05) is 19.6 Å². The standard InChI is InChI=1S/C88H56N12/c1-9-29-57(30-10-1)95(58-31-11-2-12-32-58)65-49-69-71-53-67(97(61-37-17-5-18-38-61)62-39-19-6-20-40-62)55-91-87(71)99-83(69)73(51-65)77-81-82(94-80(76-46-26-28-48-90-76)79(93-81)75-45-25-27-47-89-75)78-74-52-66(96(59-33-13-3-14-34-59)60-35-15-4-16-36-60)50-70-72-54-68(56-92-88(72)100(84(70)74)86(78)85(77)99)98(63-41-21-7-22-42-63)64-43-23-8-24-44-64/h1-56H. The zero-order valence-corrected chi connectivity index (χ0v) is 53.7. The normalized spacial score (nSPS) is 11.8. The van der Waals surface area contributed by atoms with Crippen molar-refractivity contribution in [3.8, 4) is 22.8 Å². The number of anilines is 12. The van der Waals surface area contributed by atoms with Crippen LogP contribution in [0.25, 0.3) is 110 Å². The summed E-state index contributed by atoms with van der Waals surface area (Å²) in [5.74, 6) is 0. The topological polar surface area (TPSA) is 99.1 Å². The maximum atomic E-state index is 6.05. The molecule has 0 amide bonds. The minimum absolute atomic E-state index is 0.611. The summed E-state index contributed by atoms with van der Waals surface area (Å²) in [6.07, 6.45) is 7.71. The Hall–Kier alpha value is -13.8. The Bertz CT molecular complexity index is 5880. The van der Waals surface area contributed by atoms with Crippen molar-refractivity contribution in [3.63, 3.8) is 0 Å². The molecule has 0 aliphatic rings. The number of aromatic nitrogens is 8. The first-order valence-electron chi connectivity index (χ1n) is 33.5. The second-order valence-corrected chi connectivity index (χ2v) is 25.1. The maximum absolute atomic E-state index is 6.05. The molecule has 9 heterocycles. The van der Waals surface area contributed by atoms with Crippen molar-refractivity contribution in [3.05, 3.63) is 340 Å². The molecule has 0 N–H and O–H groups in total. The van der Waals surface area contributed by atoms with Gasteiger partial charge in [-0.25, -0.2) is 19.9 Å². The van der Waals surface area contributed by atoms with Gasteiger partial charge in [0.05, 0.1) is 57.2 Å². The van der Waals surface area contributed by atoms with E-state index in [-0.39, 0.29) is 0 Å². The minimum atomic E-state index is 0.611. The molecule has 20 aromatic rings. The number of hydrogen-bond donors (Lipinski definition) is 0. The van der Waals surface area contributed by atoms with Gasteiger partial charge in [-0.3, -0.25) is 18.8 Å². The van der Waals surface area contributed by atoms with E-state index in [9.17, 15) is 0 Å². The molecule has 468 valence electrons. The predicted molar refractivity (Wildman–Crippen MR) is 410 cm³/mol. The summed E-state index contributed by atoms with van der Waals surface area (Å²) in [5.41, 5.74) is 21.2. The molecule has 12 heteroatoms. The molecular weight excluding hydrogens is 1230 g/mol. The average Bonchev–Trinajstić information content (AvgIpc) is 1.49. The first kappa shape index (κ1) is 56.5. The lowest BCUT2D eigenvalue weighted by molar-refractivity contribution is 1.21. The summed E-state index contributed by atoms with van der Waals surface area (Å²) in [5, 5.41) is 7.75. The van der Waals surface area contributed by atoms with Gasteiger partial charge >= 0.3 is 0 Å². The van der Waals surface area contributed by atoms with E-state index < -0.39 is 0 Å². The summed E-state index contributed by atoms with van der Waals surface area (Å²) in [6.45, 7) is 0. The van der Waals surface area contributed by atoms with Gasteiger partial charge in [0.2, 0.25) is 0 Å². The molecule has 0 bridgehead atoms. The fourth-order valence-electron chi connectivity index (χ4n) is 15.3. The number of para-hydroxylation sites is 8. The molecule has 0 aliphatic heterocycles. The monoisotopic (exact) mass is 1280 g/mol. The van der Waals surface area contributed by atoms with Gasteiger partial charge in [0.25, 0.3) is 0 Å². The molecule has 0 fully saturated rings. The van der Waals surface area contributed by atoms with E-state index in [0.717, 1.165) is 145 Å². The number of rotatable bonds is 14. The molecule has 12 nitrogen and oxygen atoms in total. The quantitative estimate of drug-likeness (QED) is 0.105. The fourth-order valence-corrected chi connectivity index (χ4v) is 15.3.